The van der Waals surface area contributed by atoms with Gasteiger partial charge in [0, 0.05) is 48.0 Å². The van der Waals surface area contributed by atoms with Crippen LogP contribution in [0.25, 0.3) is 10.9 Å². The average Bonchev–Trinajstić information content (AvgIpc) is 2.79. The summed E-state index contributed by atoms with van der Waals surface area (Å²) in [6.07, 6.45) is 4.31. The number of rotatable bonds is 4. The third kappa shape index (κ3) is 4.39. The molecule has 31 heavy (non-hydrogen) atoms. The molecular weight excluding hydrogens is 408 g/mol. The van der Waals surface area contributed by atoms with Gasteiger partial charge >= 0.3 is 0 Å². The van der Waals surface area contributed by atoms with Crippen molar-refractivity contribution in [3.8, 4) is 0 Å². The molecule has 160 valence electrons. The maximum atomic E-state index is 13.0. The van der Waals surface area contributed by atoms with E-state index in [9.17, 15) is 4.79 Å². The fourth-order valence-electron chi connectivity index (χ4n) is 4.73. The van der Waals surface area contributed by atoms with Gasteiger partial charge in [-0.3, -0.25) is 14.7 Å². The summed E-state index contributed by atoms with van der Waals surface area (Å²) in [5.74, 6) is 0.0559. The van der Waals surface area contributed by atoms with E-state index < -0.39 is 0 Å². The Hall–Kier alpha value is -2.63. The van der Waals surface area contributed by atoms with Crippen molar-refractivity contribution in [3.05, 3.63) is 64.8 Å². The van der Waals surface area contributed by atoms with Crippen molar-refractivity contribution in [2.45, 2.75) is 25.7 Å². The number of amides is 1. The van der Waals surface area contributed by atoms with Crippen molar-refractivity contribution in [3.63, 3.8) is 0 Å². The van der Waals surface area contributed by atoms with Crippen molar-refractivity contribution >= 4 is 39.8 Å². The van der Waals surface area contributed by atoms with Gasteiger partial charge in [-0.1, -0.05) is 35.9 Å². The number of carbonyl (C=O) groups excluding carboxylic acids is 1. The molecule has 5 nitrogen and oxygen atoms in total. The largest absolute Gasteiger partial charge is 0.369 e. The number of halogens is 1. The molecule has 0 radical (unpaired) electrons. The summed E-state index contributed by atoms with van der Waals surface area (Å²) < 4.78 is 0. The Morgan fingerprint density at radius 3 is 2.65 bits per heavy atom. The molecule has 0 bridgehead atoms. The molecule has 2 aromatic carbocycles. The lowest BCUT2D eigenvalue weighted by Crippen LogP contribution is -2.48. The highest BCUT2D eigenvalue weighted by molar-refractivity contribution is 6.30. The number of anilines is 2. The number of aryl methyl sites for hydroxylation is 1. The van der Waals surface area contributed by atoms with Gasteiger partial charge in [0.05, 0.1) is 17.7 Å². The molecule has 1 N–H and O–H groups in total. The van der Waals surface area contributed by atoms with E-state index in [4.69, 9.17) is 16.6 Å². The summed E-state index contributed by atoms with van der Waals surface area (Å²) in [6.45, 7) is 3.90. The van der Waals surface area contributed by atoms with Crippen molar-refractivity contribution < 1.29 is 4.79 Å². The summed E-state index contributed by atoms with van der Waals surface area (Å²) >= 11 is 6.14. The molecule has 5 rings (SSSR count). The quantitative estimate of drug-likeness (QED) is 0.655. The zero-order valence-corrected chi connectivity index (χ0v) is 18.4. The third-order valence-corrected chi connectivity index (χ3v) is 6.58. The topological polar surface area (TPSA) is 48.5 Å². The minimum absolute atomic E-state index is 0.0559. The highest BCUT2D eigenvalue weighted by Gasteiger charge is 2.22. The van der Waals surface area contributed by atoms with E-state index in [-0.39, 0.29) is 5.91 Å². The van der Waals surface area contributed by atoms with Crippen LogP contribution in [0, 0.1) is 0 Å². The summed E-state index contributed by atoms with van der Waals surface area (Å²) in [5, 5.41) is 5.06. The second-order valence-electron chi connectivity index (χ2n) is 8.43. The van der Waals surface area contributed by atoms with Gasteiger partial charge in [0.1, 0.15) is 0 Å². The van der Waals surface area contributed by atoms with Crippen LogP contribution in [-0.4, -0.2) is 48.5 Å². The molecule has 1 saturated heterocycles. The number of nitrogens with zero attached hydrogens (tertiary/aromatic N) is 3. The average molecular weight is 435 g/mol. The van der Waals surface area contributed by atoms with E-state index in [2.05, 4.69) is 27.2 Å². The first kappa shape index (κ1) is 20.3. The summed E-state index contributed by atoms with van der Waals surface area (Å²) in [5.41, 5.74) is 5.46. The molecule has 0 spiro atoms. The van der Waals surface area contributed by atoms with E-state index in [1.807, 2.05) is 36.4 Å². The fourth-order valence-corrected chi connectivity index (χ4v) is 4.92. The predicted molar refractivity (Wildman–Crippen MR) is 127 cm³/mol. The number of benzene rings is 2. The third-order valence-electron chi connectivity index (χ3n) is 6.35. The van der Waals surface area contributed by atoms with Crippen LogP contribution in [0.1, 0.15) is 24.1 Å². The monoisotopic (exact) mass is 434 g/mol. The molecule has 1 aliphatic heterocycles. The second-order valence-corrected chi connectivity index (χ2v) is 8.86. The normalized spacial score (nSPS) is 16.9. The first-order valence-electron chi connectivity index (χ1n) is 11.1. The van der Waals surface area contributed by atoms with Gasteiger partial charge < -0.3 is 10.2 Å². The molecular formula is C25H27ClN4O. The van der Waals surface area contributed by atoms with Crippen LogP contribution >= 0.6 is 11.6 Å². The fraction of sp³-hybridized carbons (Fsp3) is 0.360. The Bertz CT molecular complexity index is 1110. The van der Waals surface area contributed by atoms with E-state index in [0.717, 1.165) is 78.4 Å². The molecule has 0 saturated carbocycles. The number of hydrogen-bond donors (Lipinski definition) is 1. The molecule has 1 amide bonds. The number of piperazine rings is 1. The van der Waals surface area contributed by atoms with Crippen LogP contribution in [0.2, 0.25) is 5.02 Å². The molecule has 2 heterocycles. The van der Waals surface area contributed by atoms with E-state index in [1.54, 1.807) is 0 Å². The zero-order valence-electron chi connectivity index (χ0n) is 17.6. The lowest BCUT2D eigenvalue weighted by molar-refractivity contribution is -0.117. The zero-order chi connectivity index (χ0) is 21.2. The number of pyridine rings is 1. The number of carbonyl (C=O) groups is 1. The lowest BCUT2D eigenvalue weighted by Gasteiger charge is -2.35. The van der Waals surface area contributed by atoms with Crippen LogP contribution in [-0.2, 0) is 17.6 Å². The summed E-state index contributed by atoms with van der Waals surface area (Å²) in [7, 11) is 0. The van der Waals surface area contributed by atoms with E-state index >= 15 is 0 Å². The molecule has 1 aliphatic carbocycles. The summed E-state index contributed by atoms with van der Waals surface area (Å²) in [6, 6.07) is 16.1. The first-order chi connectivity index (χ1) is 15.2. The minimum Gasteiger partial charge on any atom is -0.369 e. The number of nitrogens with one attached hydrogen (secondary N) is 1. The number of hydrogen-bond acceptors (Lipinski definition) is 4. The van der Waals surface area contributed by atoms with E-state index in [0.29, 0.717) is 6.54 Å². The smallest absolute Gasteiger partial charge is 0.238 e. The Morgan fingerprint density at radius 1 is 1.00 bits per heavy atom. The lowest BCUT2D eigenvalue weighted by atomic mass is 9.92. The minimum atomic E-state index is 0.0559. The SMILES string of the molecule is O=C(CN1CCN(c2cccc(Cl)c2)CC1)Nc1c2c(nc3ccccc13)CCCC2. The van der Waals surface area contributed by atoms with Crippen LogP contribution in [0.5, 0.6) is 0 Å². The van der Waals surface area contributed by atoms with Gasteiger partial charge in [0.15, 0.2) is 0 Å². The molecule has 0 unspecified atom stereocenters. The predicted octanol–water partition coefficient (Wildman–Crippen LogP) is 4.53. The number of aromatic nitrogens is 1. The Balaban J connectivity index is 1.27. The van der Waals surface area contributed by atoms with Gasteiger partial charge in [0.2, 0.25) is 5.91 Å². The Morgan fingerprint density at radius 2 is 1.81 bits per heavy atom. The van der Waals surface area contributed by atoms with Crippen LogP contribution in [0.3, 0.4) is 0 Å². The van der Waals surface area contributed by atoms with E-state index in [1.165, 1.54) is 12.0 Å². The second kappa shape index (κ2) is 8.85. The maximum Gasteiger partial charge on any atom is 0.238 e. The number of fused-ring (bicyclic) bond motifs is 2. The molecule has 2 aliphatic rings. The summed E-state index contributed by atoms with van der Waals surface area (Å²) in [4.78, 5) is 22.4. The highest BCUT2D eigenvalue weighted by atomic mass is 35.5. The number of para-hydroxylation sites is 1. The van der Waals surface area contributed by atoms with Gasteiger partial charge in [-0.15, -0.1) is 0 Å². The molecule has 0 atom stereocenters. The van der Waals surface area contributed by atoms with Crippen LogP contribution < -0.4 is 10.2 Å². The van der Waals surface area contributed by atoms with Gasteiger partial charge in [-0.05, 0) is 55.5 Å². The van der Waals surface area contributed by atoms with Gasteiger partial charge in [-0.2, -0.15) is 0 Å². The molecule has 1 fully saturated rings. The van der Waals surface area contributed by atoms with Gasteiger partial charge in [-0.25, -0.2) is 0 Å². The molecule has 1 aromatic heterocycles. The Kier molecular flexibility index (Phi) is 5.79. The van der Waals surface area contributed by atoms with Crippen LogP contribution in [0.4, 0.5) is 11.4 Å². The first-order valence-corrected chi connectivity index (χ1v) is 11.5. The standard InChI is InChI=1S/C25H27ClN4O/c26-18-6-5-7-19(16-18)30-14-12-29(13-15-30)17-24(31)28-25-20-8-1-3-10-22(20)27-23-11-4-2-9-21(23)25/h1,3,5-8,10,16H,2,4,9,11-15,17H2,(H,27,28,31). The molecule has 3 aromatic rings. The van der Waals surface area contributed by atoms with Crippen molar-refractivity contribution in [2.75, 3.05) is 42.9 Å². The van der Waals surface area contributed by atoms with Crippen molar-refractivity contribution in [1.82, 2.24) is 9.88 Å². The molecule has 6 heteroatoms. The highest BCUT2D eigenvalue weighted by Crippen LogP contribution is 2.33. The van der Waals surface area contributed by atoms with Crippen molar-refractivity contribution in [1.29, 1.82) is 0 Å². The van der Waals surface area contributed by atoms with Gasteiger partial charge in [0.25, 0.3) is 0 Å². The Labute approximate surface area is 188 Å². The maximum absolute atomic E-state index is 13.0. The van der Waals surface area contributed by atoms with Crippen molar-refractivity contribution in [2.24, 2.45) is 0 Å². The van der Waals surface area contributed by atoms with Crippen LogP contribution in [0.15, 0.2) is 48.5 Å².